The summed E-state index contributed by atoms with van der Waals surface area (Å²) in [5, 5.41) is 7.12. The van der Waals surface area contributed by atoms with Crippen LogP contribution in [0.1, 0.15) is 84.5 Å². The molecule has 1 saturated carbocycles. The van der Waals surface area contributed by atoms with Crippen LogP contribution >= 0.6 is 0 Å². The highest BCUT2D eigenvalue weighted by molar-refractivity contribution is 7.85. The Morgan fingerprint density at radius 1 is 1.19 bits per heavy atom. The molecule has 2 aliphatic carbocycles. The van der Waals surface area contributed by atoms with Gasteiger partial charge in [-0.3, -0.25) is 18.9 Å². The number of anilines is 1. The SMILES string of the molecule is CC1(C)CC(=O)c2c(C(F)(F)F)nn(-c3ccc(C(N)=O)c(NC4CCC(OC(=O)CCN)CC4)c3)c2C1.CS(=O)(=O)O. The number of ketones is 1. The molecule has 2 aromatic rings. The molecule has 238 valence electrons. The van der Waals surface area contributed by atoms with Gasteiger partial charge in [-0.1, -0.05) is 13.8 Å². The summed E-state index contributed by atoms with van der Waals surface area (Å²) in [4.78, 5) is 36.6. The molecule has 0 unspecified atom stereocenters. The molecule has 0 radical (unpaired) electrons. The highest BCUT2D eigenvalue weighted by Crippen LogP contribution is 2.42. The topological polar surface area (TPSA) is 197 Å². The molecule has 0 bridgehead atoms. The maximum atomic E-state index is 13.8. The van der Waals surface area contributed by atoms with Crippen molar-refractivity contribution in [1.29, 1.82) is 0 Å². The smallest absolute Gasteiger partial charge is 0.435 e. The predicted molar refractivity (Wildman–Crippen MR) is 150 cm³/mol. The number of nitrogens with zero attached hydrogens (tertiary/aromatic N) is 2. The first-order chi connectivity index (χ1) is 19.8. The van der Waals surface area contributed by atoms with E-state index in [9.17, 15) is 36.0 Å². The number of Topliss-reactive ketones (excluding diaryl/α,β-unsaturated/α-hetero) is 1. The van der Waals surface area contributed by atoms with Gasteiger partial charge in [0.25, 0.3) is 16.0 Å². The number of fused-ring (bicyclic) bond motifs is 1. The lowest BCUT2D eigenvalue weighted by Crippen LogP contribution is -2.32. The molecule has 0 spiro atoms. The molecule has 2 aliphatic rings. The Kier molecular flexibility index (Phi) is 10.3. The summed E-state index contributed by atoms with van der Waals surface area (Å²) in [6, 6.07) is 4.37. The van der Waals surface area contributed by atoms with Gasteiger partial charge in [0.05, 0.1) is 35.2 Å². The van der Waals surface area contributed by atoms with Gasteiger partial charge < -0.3 is 21.5 Å². The summed E-state index contributed by atoms with van der Waals surface area (Å²) in [6.07, 6.45) is -1.43. The molecule has 4 rings (SSSR count). The van der Waals surface area contributed by atoms with E-state index in [1.165, 1.54) is 18.2 Å². The third-order valence-electron chi connectivity index (χ3n) is 7.01. The van der Waals surface area contributed by atoms with E-state index in [-0.39, 0.29) is 60.9 Å². The fraction of sp³-hybridized carbons (Fsp3) is 0.556. The monoisotopic (exact) mass is 631 g/mol. The maximum Gasteiger partial charge on any atom is 0.435 e. The van der Waals surface area contributed by atoms with Gasteiger partial charge in [0.2, 0.25) is 0 Å². The van der Waals surface area contributed by atoms with Gasteiger partial charge >= 0.3 is 12.1 Å². The molecule has 16 heteroatoms. The average molecular weight is 632 g/mol. The number of carbonyl (C=O) groups excluding carboxylic acids is 3. The van der Waals surface area contributed by atoms with Gasteiger partial charge in [0, 0.05) is 24.7 Å². The summed E-state index contributed by atoms with van der Waals surface area (Å²) in [5.41, 5.74) is 9.84. The van der Waals surface area contributed by atoms with Crippen molar-refractivity contribution in [2.45, 2.75) is 77.1 Å². The van der Waals surface area contributed by atoms with Crippen LogP contribution in [-0.2, 0) is 32.2 Å². The van der Waals surface area contributed by atoms with E-state index in [0.29, 0.717) is 37.6 Å². The van der Waals surface area contributed by atoms with E-state index in [4.69, 9.17) is 20.8 Å². The summed E-state index contributed by atoms with van der Waals surface area (Å²) in [7, 11) is -3.67. The van der Waals surface area contributed by atoms with Crippen LogP contribution in [0.2, 0.25) is 0 Å². The molecule has 0 saturated heterocycles. The van der Waals surface area contributed by atoms with Crippen LogP contribution in [0.15, 0.2) is 18.2 Å². The molecule has 1 amide bonds. The van der Waals surface area contributed by atoms with E-state index in [2.05, 4.69) is 10.4 Å². The number of alkyl halides is 3. The van der Waals surface area contributed by atoms with Crippen LogP contribution in [0.4, 0.5) is 18.9 Å². The molecular weight excluding hydrogens is 595 g/mol. The molecule has 12 nitrogen and oxygen atoms in total. The van der Waals surface area contributed by atoms with Crippen LogP contribution in [0.25, 0.3) is 5.69 Å². The second-order valence-electron chi connectivity index (χ2n) is 11.5. The van der Waals surface area contributed by atoms with E-state index in [1.54, 1.807) is 0 Å². The van der Waals surface area contributed by atoms with Crippen molar-refractivity contribution in [3.8, 4) is 5.69 Å². The Bertz CT molecular complexity index is 1470. The first-order valence-corrected chi connectivity index (χ1v) is 15.4. The lowest BCUT2D eigenvalue weighted by atomic mass is 9.75. The largest absolute Gasteiger partial charge is 0.462 e. The molecule has 1 aromatic carbocycles. The number of primary amides is 1. The van der Waals surface area contributed by atoms with Crippen molar-refractivity contribution in [1.82, 2.24) is 9.78 Å². The van der Waals surface area contributed by atoms with E-state index >= 15 is 0 Å². The first-order valence-electron chi connectivity index (χ1n) is 13.5. The molecule has 6 N–H and O–H groups in total. The van der Waals surface area contributed by atoms with Crippen molar-refractivity contribution in [2.24, 2.45) is 16.9 Å². The van der Waals surface area contributed by atoms with Gasteiger partial charge in [0.1, 0.15) is 6.10 Å². The number of rotatable bonds is 7. The number of hydrogen-bond acceptors (Lipinski definition) is 9. The molecule has 1 aromatic heterocycles. The van der Waals surface area contributed by atoms with Crippen molar-refractivity contribution in [3.05, 3.63) is 40.7 Å². The third kappa shape index (κ3) is 9.24. The number of amides is 1. The number of benzene rings is 1. The van der Waals surface area contributed by atoms with Crippen molar-refractivity contribution >= 4 is 33.5 Å². The lowest BCUT2D eigenvalue weighted by molar-refractivity contribution is -0.150. The van der Waals surface area contributed by atoms with Crippen LogP contribution in [0, 0.1) is 5.41 Å². The Balaban J connectivity index is 0.000000934. The summed E-state index contributed by atoms with van der Waals surface area (Å²) >= 11 is 0. The number of carbonyl (C=O) groups is 3. The summed E-state index contributed by atoms with van der Waals surface area (Å²) in [6.45, 7) is 3.87. The van der Waals surface area contributed by atoms with E-state index < -0.39 is 44.7 Å². The van der Waals surface area contributed by atoms with Gasteiger partial charge in [-0.2, -0.15) is 26.7 Å². The van der Waals surface area contributed by atoms with Crippen LogP contribution in [0.3, 0.4) is 0 Å². The van der Waals surface area contributed by atoms with Gasteiger partial charge in [-0.15, -0.1) is 0 Å². The van der Waals surface area contributed by atoms with E-state index in [1.807, 2.05) is 13.8 Å². The number of hydrogen-bond donors (Lipinski definition) is 4. The normalized spacial score (nSPS) is 20.0. The fourth-order valence-corrected chi connectivity index (χ4v) is 5.27. The number of aromatic nitrogens is 2. The molecule has 0 atom stereocenters. The number of ether oxygens (including phenoxy) is 1. The minimum Gasteiger partial charge on any atom is -0.462 e. The minimum absolute atomic E-state index is 0.00754. The van der Waals surface area contributed by atoms with Gasteiger partial charge in [0.15, 0.2) is 11.5 Å². The summed E-state index contributed by atoms with van der Waals surface area (Å²) < 4.78 is 74.0. The van der Waals surface area contributed by atoms with Crippen molar-refractivity contribution in [3.63, 3.8) is 0 Å². The van der Waals surface area contributed by atoms with Crippen molar-refractivity contribution < 1.29 is 45.3 Å². The molecule has 1 fully saturated rings. The van der Waals surface area contributed by atoms with Crippen molar-refractivity contribution in [2.75, 3.05) is 18.1 Å². The Morgan fingerprint density at radius 2 is 1.79 bits per heavy atom. The maximum absolute atomic E-state index is 13.8. The molecule has 0 aliphatic heterocycles. The number of nitrogens with one attached hydrogen (secondary N) is 1. The first kappa shape index (κ1) is 34.0. The predicted octanol–water partition coefficient (Wildman–Crippen LogP) is 3.26. The third-order valence-corrected chi connectivity index (χ3v) is 7.01. The van der Waals surface area contributed by atoms with E-state index in [0.717, 1.165) is 4.68 Å². The number of nitrogens with two attached hydrogens (primary N) is 2. The summed E-state index contributed by atoms with van der Waals surface area (Å²) in [5.74, 6) is -1.63. The minimum atomic E-state index is -4.80. The standard InChI is InChI=1S/C26H32F3N5O4.CH4O3S/c1-25(2)12-19-22(20(35)13-25)23(26(27,28)29)33-34(19)15-5-8-17(24(31)37)18(11-15)32-14-3-6-16(7-4-14)38-21(36)9-10-30;1-5(2,3)4/h5,8,11,14,16,32H,3-4,6-7,9-10,12-13,30H2,1-2H3,(H2,31,37);1H3,(H,2,3,4). The molecule has 1 heterocycles. The molecular formula is C27H36F3N5O7S. The Morgan fingerprint density at radius 3 is 2.33 bits per heavy atom. The van der Waals surface area contributed by atoms with Crippen LogP contribution < -0.4 is 16.8 Å². The Hall–Kier alpha value is -3.50. The quantitative estimate of drug-likeness (QED) is 0.260. The zero-order valence-corrected chi connectivity index (χ0v) is 24.8. The second kappa shape index (κ2) is 13.0. The van der Waals surface area contributed by atoms with Gasteiger partial charge in [-0.25, -0.2) is 4.68 Å². The number of halogens is 3. The number of esters is 1. The zero-order valence-electron chi connectivity index (χ0n) is 24.0. The van der Waals surface area contributed by atoms with Gasteiger partial charge in [-0.05, 0) is 55.7 Å². The highest BCUT2D eigenvalue weighted by Gasteiger charge is 2.45. The zero-order chi connectivity index (χ0) is 32.3. The Labute approximate surface area is 247 Å². The fourth-order valence-electron chi connectivity index (χ4n) is 5.27. The highest BCUT2D eigenvalue weighted by atomic mass is 32.2. The molecule has 43 heavy (non-hydrogen) atoms. The van der Waals surface area contributed by atoms with Crippen LogP contribution in [0.5, 0.6) is 0 Å². The second-order valence-corrected chi connectivity index (χ2v) is 13.0. The van der Waals surface area contributed by atoms with Crippen LogP contribution in [-0.4, -0.2) is 65.4 Å². The lowest BCUT2D eigenvalue weighted by Gasteiger charge is -2.30. The average Bonchev–Trinajstić information content (AvgIpc) is 3.23.